The second kappa shape index (κ2) is 10.0. The molecular formula is C23H27Cl2N5O. The van der Waals surface area contributed by atoms with Gasteiger partial charge in [0.2, 0.25) is 0 Å². The SMILES string of the molecule is N=C(CC1C(N)=NCCN1Cc1cc(Cl)ccc1Cl)c1ccc(N2CCOCC2)cc1. The van der Waals surface area contributed by atoms with Crippen LogP contribution in [0.2, 0.25) is 10.0 Å². The Labute approximate surface area is 193 Å². The molecular weight excluding hydrogens is 433 g/mol. The van der Waals surface area contributed by atoms with Gasteiger partial charge in [-0.3, -0.25) is 9.89 Å². The Hall–Kier alpha value is -2.12. The molecule has 0 radical (unpaired) electrons. The summed E-state index contributed by atoms with van der Waals surface area (Å²) in [5, 5.41) is 10.0. The van der Waals surface area contributed by atoms with Crippen LogP contribution in [0.15, 0.2) is 47.5 Å². The molecule has 0 bridgehead atoms. The van der Waals surface area contributed by atoms with Crippen molar-refractivity contribution in [3.05, 3.63) is 63.6 Å². The lowest BCUT2D eigenvalue weighted by Gasteiger charge is -2.34. The summed E-state index contributed by atoms with van der Waals surface area (Å²) >= 11 is 12.5. The lowest BCUT2D eigenvalue weighted by molar-refractivity contribution is 0.122. The minimum absolute atomic E-state index is 0.143. The van der Waals surface area contributed by atoms with Gasteiger partial charge in [0.25, 0.3) is 0 Å². The first-order chi connectivity index (χ1) is 15.0. The number of anilines is 1. The van der Waals surface area contributed by atoms with Gasteiger partial charge in [-0.1, -0.05) is 35.3 Å². The Morgan fingerprint density at radius 1 is 1.10 bits per heavy atom. The van der Waals surface area contributed by atoms with E-state index in [1.54, 1.807) is 6.07 Å². The fourth-order valence-corrected chi connectivity index (χ4v) is 4.44. The molecule has 2 aliphatic heterocycles. The van der Waals surface area contributed by atoms with Crippen LogP contribution in [0.1, 0.15) is 17.5 Å². The molecule has 164 valence electrons. The van der Waals surface area contributed by atoms with Crippen LogP contribution in [0.4, 0.5) is 5.69 Å². The smallest absolute Gasteiger partial charge is 0.112 e. The lowest BCUT2D eigenvalue weighted by atomic mass is 9.99. The highest BCUT2D eigenvalue weighted by molar-refractivity contribution is 6.33. The fraction of sp³-hybridized carbons (Fsp3) is 0.391. The van der Waals surface area contributed by atoms with Crippen molar-refractivity contribution in [2.75, 3.05) is 44.3 Å². The van der Waals surface area contributed by atoms with Gasteiger partial charge in [-0.05, 0) is 41.5 Å². The third-order valence-electron chi connectivity index (χ3n) is 5.83. The van der Waals surface area contributed by atoms with Gasteiger partial charge < -0.3 is 20.8 Å². The molecule has 1 fully saturated rings. The standard InChI is InChI=1S/C23H27Cl2N5O/c24-18-3-6-20(25)17(13-18)15-30-8-7-28-23(27)22(30)14-21(26)16-1-4-19(5-2-16)29-9-11-31-12-10-29/h1-6,13,22,26H,7-12,14-15H2,(H2,27,28). The van der Waals surface area contributed by atoms with Gasteiger partial charge in [0.15, 0.2) is 0 Å². The number of ether oxygens (including phenoxy) is 1. The van der Waals surface area contributed by atoms with E-state index in [2.05, 4.69) is 26.9 Å². The molecule has 2 aliphatic rings. The zero-order chi connectivity index (χ0) is 21.8. The predicted molar refractivity (Wildman–Crippen MR) is 128 cm³/mol. The van der Waals surface area contributed by atoms with Crippen molar-refractivity contribution in [2.45, 2.75) is 19.0 Å². The molecule has 3 N–H and O–H groups in total. The Kier molecular flexibility index (Phi) is 7.13. The molecule has 1 atom stereocenters. The zero-order valence-corrected chi connectivity index (χ0v) is 18.9. The molecule has 1 unspecified atom stereocenters. The van der Waals surface area contributed by atoms with Crippen molar-refractivity contribution in [3.8, 4) is 0 Å². The first kappa shape index (κ1) is 22.1. The van der Waals surface area contributed by atoms with Gasteiger partial charge in [-0.25, -0.2) is 0 Å². The molecule has 1 saturated heterocycles. The molecule has 0 spiro atoms. The average Bonchev–Trinajstić information content (AvgIpc) is 2.79. The number of halogens is 2. The maximum atomic E-state index is 8.70. The molecule has 2 aromatic carbocycles. The van der Waals surface area contributed by atoms with E-state index in [0.717, 1.165) is 49.7 Å². The minimum Gasteiger partial charge on any atom is -0.386 e. The number of morpholine rings is 1. The molecule has 2 aromatic rings. The molecule has 4 rings (SSSR count). The zero-order valence-electron chi connectivity index (χ0n) is 17.4. The van der Waals surface area contributed by atoms with Crippen LogP contribution in [-0.2, 0) is 11.3 Å². The van der Waals surface area contributed by atoms with E-state index in [0.29, 0.717) is 41.1 Å². The van der Waals surface area contributed by atoms with Crippen LogP contribution in [0, 0.1) is 5.41 Å². The molecule has 0 amide bonds. The molecule has 31 heavy (non-hydrogen) atoms. The van der Waals surface area contributed by atoms with Crippen molar-refractivity contribution in [1.29, 1.82) is 5.41 Å². The van der Waals surface area contributed by atoms with E-state index in [1.165, 1.54) is 0 Å². The Balaban J connectivity index is 1.46. The number of rotatable bonds is 6. The highest BCUT2D eigenvalue weighted by atomic mass is 35.5. The van der Waals surface area contributed by atoms with Gasteiger partial charge in [0.05, 0.1) is 25.8 Å². The van der Waals surface area contributed by atoms with Crippen molar-refractivity contribution >= 4 is 40.4 Å². The fourth-order valence-electron chi connectivity index (χ4n) is 4.07. The summed E-state index contributed by atoms with van der Waals surface area (Å²) in [5.41, 5.74) is 9.83. The molecule has 0 saturated carbocycles. The lowest BCUT2D eigenvalue weighted by Crippen LogP contribution is -2.49. The van der Waals surface area contributed by atoms with E-state index in [9.17, 15) is 0 Å². The number of nitrogens with two attached hydrogens (primary N) is 1. The van der Waals surface area contributed by atoms with Crippen molar-refractivity contribution in [3.63, 3.8) is 0 Å². The van der Waals surface area contributed by atoms with E-state index in [1.807, 2.05) is 24.3 Å². The Morgan fingerprint density at radius 2 is 1.84 bits per heavy atom. The Morgan fingerprint density at radius 3 is 2.58 bits per heavy atom. The quantitative estimate of drug-likeness (QED) is 0.643. The van der Waals surface area contributed by atoms with Gasteiger partial charge in [0.1, 0.15) is 5.84 Å². The second-order valence-corrected chi connectivity index (χ2v) is 8.70. The highest BCUT2D eigenvalue weighted by Crippen LogP contribution is 2.25. The first-order valence-electron chi connectivity index (χ1n) is 10.5. The summed E-state index contributed by atoms with van der Waals surface area (Å²) in [6.07, 6.45) is 0.490. The summed E-state index contributed by atoms with van der Waals surface area (Å²) < 4.78 is 5.43. The van der Waals surface area contributed by atoms with Crippen LogP contribution in [0.5, 0.6) is 0 Å². The molecule has 0 aliphatic carbocycles. The van der Waals surface area contributed by atoms with Crippen LogP contribution < -0.4 is 10.6 Å². The third-order valence-corrected chi connectivity index (χ3v) is 6.44. The number of hydrogen-bond acceptors (Lipinski definition) is 6. The summed E-state index contributed by atoms with van der Waals surface area (Å²) in [7, 11) is 0. The summed E-state index contributed by atoms with van der Waals surface area (Å²) in [4.78, 5) is 8.98. The predicted octanol–water partition coefficient (Wildman–Crippen LogP) is 3.83. The van der Waals surface area contributed by atoms with E-state index in [-0.39, 0.29) is 6.04 Å². The number of benzene rings is 2. The topological polar surface area (TPSA) is 77.9 Å². The number of aliphatic imine (C=N–C) groups is 1. The highest BCUT2D eigenvalue weighted by Gasteiger charge is 2.27. The van der Waals surface area contributed by atoms with E-state index < -0.39 is 0 Å². The number of hydrogen-bond donors (Lipinski definition) is 2. The van der Waals surface area contributed by atoms with Gasteiger partial charge in [-0.15, -0.1) is 0 Å². The normalized spacial score (nSPS) is 19.9. The maximum absolute atomic E-state index is 8.70. The monoisotopic (exact) mass is 459 g/mol. The number of nitrogens with zero attached hydrogens (tertiary/aromatic N) is 3. The van der Waals surface area contributed by atoms with Crippen LogP contribution in [0.25, 0.3) is 0 Å². The maximum Gasteiger partial charge on any atom is 0.112 e. The van der Waals surface area contributed by atoms with Gasteiger partial charge >= 0.3 is 0 Å². The molecule has 2 heterocycles. The number of nitrogens with one attached hydrogen (secondary N) is 1. The van der Waals surface area contributed by atoms with E-state index in [4.69, 9.17) is 39.1 Å². The van der Waals surface area contributed by atoms with E-state index >= 15 is 0 Å². The summed E-state index contributed by atoms with van der Waals surface area (Å²) in [5.74, 6) is 0.569. The third kappa shape index (κ3) is 5.39. The molecule has 6 nitrogen and oxygen atoms in total. The summed E-state index contributed by atoms with van der Waals surface area (Å²) in [6.45, 7) is 5.32. The summed E-state index contributed by atoms with van der Waals surface area (Å²) in [6, 6.07) is 13.5. The Bertz CT molecular complexity index is 957. The molecule has 8 heteroatoms. The minimum atomic E-state index is -0.143. The van der Waals surface area contributed by atoms with Gasteiger partial charge in [-0.2, -0.15) is 0 Å². The second-order valence-electron chi connectivity index (χ2n) is 7.86. The average molecular weight is 460 g/mol. The van der Waals surface area contributed by atoms with Crippen molar-refractivity contribution in [1.82, 2.24) is 4.90 Å². The number of amidine groups is 1. The molecule has 0 aromatic heterocycles. The van der Waals surface area contributed by atoms with Gasteiger partial charge in [0, 0.05) is 54.0 Å². The van der Waals surface area contributed by atoms with Crippen LogP contribution >= 0.6 is 23.2 Å². The largest absolute Gasteiger partial charge is 0.386 e. The van der Waals surface area contributed by atoms with Crippen LogP contribution in [-0.4, -0.2) is 61.9 Å². The first-order valence-corrected chi connectivity index (χ1v) is 11.2. The van der Waals surface area contributed by atoms with Crippen molar-refractivity contribution < 1.29 is 4.74 Å². The van der Waals surface area contributed by atoms with Crippen molar-refractivity contribution in [2.24, 2.45) is 10.7 Å². The van der Waals surface area contributed by atoms with Crippen LogP contribution in [0.3, 0.4) is 0 Å².